The molecule has 2 amide bonds. The Morgan fingerprint density at radius 2 is 2.29 bits per heavy atom. The molecule has 1 saturated heterocycles. The van der Waals surface area contributed by atoms with E-state index in [1.165, 1.54) is 0 Å². The molecule has 1 atom stereocenters. The first-order valence-corrected chi connectivity index (χ1v) is 4.51. The number of nitrogens with two attached hydrogens (primary N) is 1. The molecule has 6 heteroatoms. The lowest BCUT2D eigenvalue weighted by atomic mass is 10.2. The van der Waals surface area contributed by atoms with Gasteiger partial charge in [-0.2, -0.15) is 0 Å². The van der Waals surface area contributed by atoms with Crippen LogP contribution < -0.4 is 5.73 Å². The highest BCUT2D eigenvalue weighted by atomic mass is 16.4. The summed E-state index contributed by atoms with van der Waals surface area (Å²) >= 11 is 0. The molecular formula is C8H15N3O3. The number of urea groups is 1. The number of carboxylic acids is 1. The molecule has 0 saturated carbocycles. The van der Waals surface area contributed by atoms with Crippen LogP contribution in [0.15, 0.2) is 0 Å². The number of carboxylic acid groups (broad SMARTS) is 1. The molecule has 0 spiro atoms. The van der Waals surface area contributed by atoms with E-state index in [0.717, 1.165) is 0 Å². The van der Waals surface area contributed by atoms with Gasteiger partial charge in [-0.3, -0.25) is 4.79 Å². The van der Waals surface area contributed by atoms with Crippen LogP contribution in [-0.4, -0.2) is 59.6 Å². The molecule has 0 aromatic carbocycles. The molecule has 1 fully saturated rings. The quantitative estimate of drug-likeness (QED) is 0.620. The highest BCUT2D eigenvalue weighted by Gasteiger charge is 2.25. The minimum atomic E-state index is -1.02. The fourth-order valence-corrected chi connectivity index (χ4v) is 1.33. The van der Waals surface area contributed by atoms with Crippen molar-refractivity contribution in [3.8, 4) is 0 Å². The average Bonchev–Trinajstić information content (AvgIpc) is 2.44. The molecule has 6 nitrogen and oxygen atoms in total. The zero-order valence-electron chi connectivity index (χ0n) is 8.14. The van der Waals surface area contributed by atoms with Gasteiger partial charge in [-0.05, 0) is 6.42 Å². The van der Waals surface area contributed by atoms with Crippen molar-refractivity contribution in [3.05, 3.63) is 0 Å². The van der Waals surface area contributed by atoms with Crippen LogP contribution in [-0.2, 0) is 4.79 Å². The third-order valence-corrected chi connectivity index (χ3v) is 2.33. The number of rotatable bonds is 4. The van der Waals surface area contributed by atoms with Crippen LogP contribution in [0.5, 0.6) is 0 Å². The molecule has 1 aliphatic heterocycles. The number of carbonyl (C=O) groups excluding carboxylic acids is 1. The van der Waals surface area contributed by atoms with E-state index in [1.807, 2.05) is 0 Å². The SMILES string of the molecule is CN1CCN(CCC(N)C(=O)O)C1=O. The van der Waals surface area contributed by atoms with Gasteiger partial charge in [0.2, 0.25) is 0 Å². The van der Waals surface area contributed by atoms with Gasteiger partial charge in [-0.25, -0.2) is 4.79 Å². The van der Waals surface area contributed by atoms with Crippen LogP contribution in [0.3, 0.4) is 0 Å². The molecule has 1 rings (SSSR count). The van der Waals surface area contributed by atoms with E-state index in [4.69, 9.17) is 10.8 Å². The molecule has 1 heterocycles. The minimum absolute atomic E-state index is 0.0532. The number of amides is 2. The molecule has 14 heavy (non-hydrogen) atoms. The predicted molar refractivity (Wildman–Crippen MR) is 49.8 cm³/mol. The van der Waals surface area contributed by atoms with Gasteiger partial charge >= 0.3 is 12.0 Å². The van der Waals surface area contributed by atoms with E-state index >= 15 is 0 Å². The van der Waals surface area contributed by atoms with Crippen molar-refractivity contribution in [3.63, 3.8) is 0 Å². The molecular weight excluding hydrogens is 186 g/mol. The fraction of sp³-hybridized carbons (Fsp3) is 0.750. The van der Waals surface area contributed by atoms with Crippen molar-refractivity contribution in [2.24, 2.45) is 5.73 Å². The lowest BCUT2D eigenvalue weighted by Gasteiger charge is -2.16. The van der Waals surface area contributed by atoms with Gasteiger partial charge in [-0.15, -0.1) is 0 Å². The van der Waals surface area contributed by atoms with Gasteiger partial charge < -0.3 is 20.6 Å². The summed E-state index contributed by atoms with van der Waals surface area (Å²) < 4.78 is 0. The van der Waals surface area contributed by atoms with Crippen LogP contribution >= 0.6 is 0 Å². The van der Waals surface area contributed by atoms with E-state index in [-0.39, 0.29) is 6.03 Å². The molecule has 80 valence electrons. The zero-order valence-corrected chi connectivity index (χ0v) is 8.14. The molecule has 1 aliphatic rings. The van der Waals surface area contributed by atoms with Crippen molar-refractivity contribution in [2.75, 3.05) is 26.7 Å². The van der Waals surface area contributed by atoms with Crippen LogP contribution in [0.1, 0.15) is 6.42 Å². The lowest BCUT2D eigenvalue weighted by molar-refractivity contribution is -0.138. The highest BCUT2D eigenvalue weighted by Crippen LogP contribution is 2.06. The van der Waals surface area contributed by atoms with Crippen molar-refractivity contribution in [1.82, 2.24) is 9.80 Å². The topological polar surface area (TPSA) is 86.9 Å². The van der Waals surface area contributed by atoms with Crippen molar-refractivity contribution in [2.45, 2.75) is 12.5 Å². The third-order valence-electron chi connectivity index (χ3n) is 2.33. The summed E-state index contributed by atoms with van der Waals surface area (Å²) in [6.07, 6.45) is 0.301. The Labute approximate surface area is 82.3 Å². The van der Waals surface area contributed by atoms with E-state index in [9.17, 15) is 9.59 Å². The summed E-state index contributed by atoms with van der Waals surface area (Å²) in [5.74, 6) is -1.02. The molecule has 0 bridgehead atoms. The second-order valence-electron chi connectivity index (χ2n) is 3.42. The lowest BCUT2D eigenvalue weighted by Crippen LogP contribution is -2.37. The summed E-state index contributed by atoms with van der Waals surface area (Å²) in [5.41, 5.74) is 5.32. The summed E-state index contributed by atoms with van der Waals surface area (Å²) in [5, 5.41) is 8.53. The third kappa shape index (κ3) is 2.35. The molecule has 1 unspecified atom stereocenters. The summed E-state index contributed by atoms with van der Waals surface area (Å²) in [7, 11) is 1.72. The molecule has 0 radical (unpaired) electrons. The maximum Gasteiger partial charge on any atom is 0.320 e. The van der Waals surface area contributed by atoms with E-state index in [0.29, 0.717) is 26.1 Å². The Balaban J connectivity index is 2.32. The second-order valence-corrected chi connectivity index (χ2v) is 3.42. The maximum absolute atomic E-state index is 11.4. The smallest absolute Gasteiger partial charge is 0.320 e. The number of hydrogen-bond donors (Lipinski definition) is 2. The second kappa shape index (κ2) is 4.28. The predicted octanol–water partition coefficient (Wildman–Crippen LogP) is -0.844. The number of aliphatic carboxylic acids is 1. The van der Waals surface area contributed by atoms with Crippen LogP contribution in [0, 0.1) is 0 Å². The highest BCUT2D eigenvalue weighted by molar-refractivity contribution is 5.76. The van der Waals surface area contributed by atoms with E-state index < -0.39 is 12.0 Å². The van der Waals surface area contributed by atoms with E-state index in [1.54, 1.807) is 16.8 Å². The summed E-state index contributed by atoms with van der Waals surface area (Å²) in [6, 6.07) is -0.934. The first-order valence-electron chi connectivity index (χ1n) is 4.51. The standard InChI is InChI=1S/C8H15N3O3/c1-10-4-5-11(8(10)14)3-2-6(9)7(12)13/h6H,2-5,9H2,1H3,(H,12,13). The van der Waals surface area contributed by atoms with Crippen molar-refractivity contribution < 1.29 is 14.7 Å². The summed E-state index contributed by atoms with van der Waals surface area (Å²) in [6.45, 7) is 1.76. The van der Waals surface area contributed by atoms with Gasteiger partial charge in [0.15, 0.2) is 0 Å². The molecule has 0 aromatic rings. The van der Waals surface area contributed by atoms with Gasteiger partial charge in [0.25, 0.3) is 0 Å². The Hall–Kier alpha value is -1.30. The first kappa shape index (κ1) is 10.8. The first-order chi connectivity index (χ1) is 6.52. The molecule has 0 aromatic heterocycles. The van der Waals surface area contributed by atoms with E-state index in [2.05, 4.69) is 0 Å². The van der Waals surface area contributed by atoms with Gasteiger partial charge in [0.1, 0.15) is 6.04 Å². The number of nitrogens with zero attached hydrogens (tertiary/aromatic N) is 2. The Morgan fingerprint density at radius 1 is 1.64 bits per heavy atom. The molecule has 0 aliphatic carbocycles. The average molecular weight is 201 g/mol. The largest absolute Gasteiger partial charge is 0.480 e. The fourth-order valence-electron chi connectivity index (χ4n) is 1.33. The van der Waals surface area contributed by atoms with Crippen molar-refractivity contribution >= 4 is 12.0 Å². The summed E-state index contributed by atoms with van der Waals surface area (Å²) in [4.78, 5) is 25.0. The minimum Gasteiger partial charge on any atom is -0.480 e. The number of hydrogen-bond acceptors (Lipinski definition) is 3. The van der Waals surface area contributed by atoms with Crippen molar-refractivity contribution in [1.29, 1.82) is 0 Å². The molecule has 3 N–H and O–H groups in total. The zero-order chi connectivity index (χ0) is 10.7. The Kier molecular flexibility index (Phi) is 3.29. The maximum atomic E-state index is 11.4. The van der Waals surface area contributed by atoms with Crippen LogP contribution in [0.2, 0.25) is 0 Å². The monoisotopic (exact) mass is 201 g/mol. The Morgan fingerprint density at radius 3 is 2.71 bits per heavy atom. The van der Waals surface area contributed by atoms with Gasteiger partial charge in [0.05, 0.1) is 0 Å². The van der Waals surface area contributed by atoms with Gasteiger partial charge in [-0.1, -0.05) is 0 Å². The van der Waals surface area contributed by atoms with Crippen LogP contribution in [0.25, 0.3) is 0 Å². The normalized spacial score (nSPS) is 18.9. The number of carbonyl (C=O) groups is 2. The Bertz CT molecular complexity index is 244. The van der Waals surface area contributed by atoms with Crippen LogP contribution in [0.4, 0.5) is 4.79 Å². The number of likely N-dealkylation sites (N-methyl/N-ethyl adjacent to an activating group) is 1. The van der Waals surface area contributed by atoms with Gasteiger partial charge in [0, 0.05) is 26.7 Å².